The van der Waals surface area contributed by atoms with Crippen molar-refractivity contribution in [3.05, 3.63) is 52.6 Å². The first-order valence-electron chi connectivity index (χ1n) is 11.7. The Balaban J connectivity index is 1.11. The van der Waals surface area contributed by atoms with Gasteiger partial charge in [-0.05, 0) is 84.0 Å². The summed E-state index contributed by atoms with van der Waals surface area (Å²) in [5.41, 5.74) is 5.36. The average Bonchev–Trinajstić information content (AvgIpc) is 3.53. The molecule has 1 atom stereocenters. The van der Waals surface area contributed by atoms with E-state index in [9.17, 15) is 14.7 Å². The topological polar surface area (TPSA) is 109 Å². The molecule has 0 saturated carbocycles. The maximum Gasteiger partial charge on any atom is 0.338 e. The molecule has 1 unspecified atom stereocenters. The number of rotatable bonds is 4. The summed E-state index contributed by atoms with van der Waals surface area (Å²) in [7, 11) is 0. The van der Waals surface area contributed by atoms with E-state index in [1.807, 2.05) is 36.1 Å². The number of nitrogens with zero attached hydrogens (tertiary/aromatic N) is 4. The van der Waals surface area contributed by atoms with Crippen molar-refractivity contribution in [2.75, 3.05) is 31.1 Å². The largest absolute Gasteiger partial charge is 0.457 e. The molecule has 0 radical (unpaired) electrons. The molecule has 1 spiro atoms. The van der Waals surface area contributed by atoms with Crippen LogP contribution in [-0.4, -0.2) is 58.4 Å². The molecule has 2 saturated heterocycles. The van der Waals surface area contributed by atoms with Crippen LogP contribution >= 0.6 is 0 Å². The van der Waals surface area contributed by atoms with Crippen molar-refractivity contribution in [1.82, 2.24) is 15.2 Å². The minimum absolute atomic E-state index is 0.0449. The van der Waals surface area contributed by atoms with Gasteiger partial charge in [-0.1, -0.05) is 6.07 Å². The number of fused-ring (bicyclic) bond motifs is 2. The van der Waals surface area contributed by atoms with Crippen molar-refractivity contribution in [2.45, 2.75) is 38.9 Å². The fraction of sp³-hybridized carbons (Fsp3) is 0.440. The molecule has 34 heavy (non-hydrogen) atoms. The third-order valence-corrected chi connectivity index (χ3v) is 7.78. The zero-order chi connectivity index (χ0) is 23.4. The number of aliphatic hydroxyl groups is 1. The van der Waals surface area contributed by atoms with Crippen LogP contribution in [0, 0.1) is 12.3 Å². The van der Waals surface area contributed by atoms with Gasteiger partial charge >= 0.3 is 5.97 Å². The molecule has 9 heteroatoms. The summed E-state index contributed by atoms with van der Waals surface area (Å²) >= 11 is 0. The number of ether oxygens (including phenoxy) is 1. The molecule has 6 rings (SSSR count). The summed E-state index contributed by atoms with van der Waals surface area (Å²) in [6.07, 6.45) is 1.71. The van der Waals surface area contributed by atoms with E-state index in [4.69, 9.17) is 9.37 Å². The summed E-state index contributed by atoms with van der Waals surface area (Å²) in [6, 6.07) is 9.17. The lowest BCUT2D eigenvalue weighted by molar-refractivity contribution is -0.118. The van der Waals surface area contributed by atoms with E-state index in [2.05, 4.69) is 15.2 Å². The highest BCUT2D eigenvalue weighted by Crippen LogP contribution is 2.43. The van der Waals surface area contributed by atoms with Gasteiger partial charge in [0, 0.05) is 30.8 Å². The number of β-amino-alcohol motifs (C(OH)–C–C–N with tert-alkyl or cyclic N) is 1. The Kier molecular flexibility index (Phi) is 4.93. The number of esters is 1. The summed E-state index contributed by atoms with van der Waals surface area (Å²) in [5.74, 6) is -0.159. The number of likely N-dealkylation sites (tertiary alicyclic amines) is 1. The third kappa shape index (κ3) is 3.47. The third-order valence-electron chi connectivity index (χ3n) is 7.78. The number of anilines is 1. The Morgan fingerprint density at radius 2 is 1.91 bits per heavy atom. The van der Waals surface area contributed by atoms with Gasteiger partial charge in [0.2, 0.25) is 5.91 Å². The lowest BCUT2D eigenvalue weighted by Crippen LogP contribution is -2.43. The van der Waals surface area contributed by atoms with Crippen LogP contribution in [0.2, 0.25) is 0 Å². The molecule has 4 heterocycles. The molecule has 0 bridgehead atoms. The highest BCUT2D eigenvalue weighted by atomic mass is 16.6. The number of amides is 1. The normalized spacial score (nSPS) is 20.8. The summed E-state index contributed by atoms with van der Waals surface area (Å²) in [6.45, 7) is 5.09. The van der Waals surface area contributed by atoms with Gasteiger partial charge in [0.1, 0.15) is 17.6 Å². The molecule has 9 nitrogen and oxygen atoms in total. The van der Waals surface area contributed by atoms with Gasteiger partial charge in [-0.15, -0.1) is 0 Å². The highest BCUT2D eigenvalue weighted by Gasteiger charge is 2.45. The number of hydrogen-bond acceptors (Lipinski definition) is 8. The van der Waals surface area contributed by atoms with Crippen LogP contribution < -0.4 is 4.90 Å². The number of cyclic esters (lactones) is 1. The van der Waals surface area contributed by atoms with Crippen molar-refractivity contribution in [3.8, 4) is 0 Å². The van der Waals surface area contributed by atoms with E-state index in [0.717, 1.165) is 48.3 Å². The van der Waals surface area contributed by atoms with Crippen molar-refractivity contribution >= 4 is 28.6 Å². The second kappa shape index (κ2) is 7.89. The number of hydrogen-bond donors (Lipinski definition) is 1. The molecule has 2 fully saturated rings. The van der Waals surface area contributed by atoms with Crippen LogP contribution in [-0.2, 0) is 16.1 Å². The number of benzene rings is 2. The van der Waals surface area contributed by atoms with Gasteiger partial charge in [-0.2, -0.15) is 0 Å². The van der Waals surface area contributed by atoms with E-state index in [1.54, 1.807) is 6.07 Å². The first kappa shape index (κ1) is 21.2. The summed E-state index contributed by atoms with van der Waals surface area (Å²) in [5, 5.41) is 18.7. The second-order valence-electron chi connectivity index (χ2n) is 9.79. The number of piperidine rings is 1. The first-order valence-corrected chi connectivity index (χ1v) is 11.7. The number of carbonyl (C=O) groups excluding carboxylic acids is 2. The Hall–Kier alpha value is -3.30. The minimum atomic E-state index is -0.639. The van der Waals surface area contributed by atoms with Crippen molar-refractivity contribution in [1.29, 1.82) is 0 Å². The number of carbonyl (C=O) groups is 2. The molecule has 3 aromatic rings. The van der Waals surface area contributed by atoms with Gasteiger partial charge in [0.05, 0.1) is 11.7 Å². The smallest absolute Gasteiger partial charge is 0.338 e. The predicted molar refractivity (Wildman–Crippen MR) is 122 cm³/mol. The fourth-order valence-electron chi connectivity index (χ4n) is 5.69. The average molecular weight is 463 g/mol. The first-order chi connectivity index (χ1) is 16.4. The molecule has 1 N–H and O–H groups in total. The zero-order valence-electron chi connectivity index (χ0n) is 19.0. The van der Waals surface area contributed by atoms with Crippen LogP contribution in [0.4, 0.5) is 5.69 Å². The van der Waals surface area contributed by atoms with Crippen molar-refractivity contribution < 1.29 is 24.1 Å². The molecular weight excluding hydrogens is 436 g/mol. The molecule has 3 aliphatic heterocycles. The monoisotopic (exact) mass is 462 g/mol. The Morgan fingerprint density at radius 3 is 2.74 bits per heavy atom. The SMILES string of the molecule is Cc1c(C(O)CN2CCC3(CC2)CC(=O)N(c2ccc4nonc4c2)C3)ccc2c1COC2=O. The molecule has 1 amide bonds. The number of aliphatic hydroxyl groups excluding tert-OH is 1. The van der Waals surface area contributed by atoms with E-state index >= 15 is 0 Å². The highest BCUT2D eigenvalue weighted by molar-refractivity contribution is 5.98. The quantitative estimate of drug-likeness (QED) is 0.590. The van der Waals surface area contributed by atoms with Crippen LogP contribution in [0.5, 0.6) is 0 Å². The van der Waals surface area contributed by atoms with Crippen LogP contribution in [0.1, 0.15) is 52.4 Å². The maximum atomic E-state index is 12.9. The van der Waals surface area contributed by atoms with E-state index in [-0.39, 0.29) is 23.9 Å². The van der Waals surface area contributed by atoms with Gasteiger partial charge in [-0.25, -0.2) is 9.42 Å². The Morgan fingerprint density at radius 1 is 1.12 bits per heavy atom. The van der Waals surface area contributed by atoms with Crippen LogP contribution in [0.3, 0.4) is 0 Å². The Labute approximate surface area is 196 Å². The molecule has 176 valence electrons. The fourth-order valence-corrected chi connectivity index (χ4v) is 5.69. The van der Waals surface area contributed by atoms with Gasteiger partial charge in [0.25, 0.3) is 0 Å². The lowest BCUT2D eigenvalue weighted by atomic mass is 9.77. The second-order valence-corrected chi connectivity index (χ2v) is 9.79. The summed E-state index contributed by atoms with van der Waals surface area (Å²) < 4.78 is 9.91. The van der Waals surface area contributed by atoms with E-state index in [1.165, 1.54) is 0 Å². The van der Waals surface area contributed by atoms with Crippen LogP contribution in [0.25, 0.3) is 11.0 Å². The standard InChI is InChI=1S/C25H26N4O5/c1-15-17(3-4-18-19(15)13-33-24(18)32)22(30)12-28-8-6-25(7-9-28)11-23(31)29(14-25)16-2-5-20-21(10-16)27-34-26-20/h2-5,10,22,30H,6-9,11-14H2,1H3. The Bertz CT molecular complexity index is 1290. The van der Waals surface area contributed by atoms with Crippen LogP contribution in [0.15, 0.2) is 35.0 Å². The maximum absolute atomic E-state index is 12.9. The van der Waals surface area contributed by atoms with Gasteiger partial charge < -0.3 is 19.6 Å². The van der Waals surface area contributed by atoms with Gasteiger partial charge in [-0.3, -0.25) is 4.79 Å². The van der Waals surface area contributed by atoms with Crippen molar-refractivity contribution in [3.63, 3.8) is 0 Å². The van der Waals surface area contributed by atoms with Crippen molar-refractivity contribution in [2.24, 2.45) is 5.41 Å². The zero-order valence-corrected chi connectivity index (χ0v) is 19.0. The molecule has 3 aliphatic rings. The predicted octanol–water partition coefficient (Wildman–Crippen LogP) is 2.75. The van der Waals surface area contributed by atoms with E-state index in [0.29, 0.717) is 36.1 Å². The summed E-state index contributed by atoms with van der Waals surface area (Å²) in [4.78, 5) is 28.8. The molecule has 1 aromatic heterocycles. The lowest BCUT2D eigenvalue weighted by Gasteiger charge is -2.39. The molecular formula is C25H26N4O5. The van der Waals surface area contributed by atoms with E-state index < -0.39 is 6.10 Å². The molecule has 2 aromatic carbocycles. The molecule has 0 aliphatic carbocycles. The number of aromatic nitrogens is 2. The van der Waals surface area contributed by atoms with Gasteiger partial charge in [0.15, 0.2) is 0 Å². The minimum Gasteiger partial charge on any atom is -0.457 e.